The van der Waals surface area contributed by atoms with Crippen LogP contribution in [0.1, 0.15) is 24.3 Å². The maximum atomic E-state index is 6.32. The van der Waals surface area contributed by atoms with E-state index < -0.39 is 0 Å². The van der Waals surface area contributed by atoms with E-state index in [0.717, 1.165) is 23.7 Å². The predicted octanol–water partition coefficient (Wildman–Crippen LogP) is 3.55. The van der Waals surface area contributed by atoms with E-state index in [0.29, 0.717) is 5.92 Å². The first-order chi connectivity index (χ1) is 7.86. The van der Waals surface area contributed by atoms with Gasteiger partial charge in [0, 0.05) is 17.0 Å². The fraction of sp³-hybridized carbons (Fsp3) is 0.385. The van der Waals surface area contributed by atoms with Crippen LogP contribution in [-0.2, 0) is 0 Å². The standard InChI is InChI=1S/C13H14ClNO/c14-11-3-4-12-10(5-7-16-12)13(11)9-2-1-6-15-8-9/h3-5,7,9,15H,1-2,6,8H2. The van der Waals surface area contributed by atoms with Crippen molar-refractivity contribution in [2.24, 2.45) is 0 Å². The number of rotatable bonds is 1. The molecule has 2 aromatic rings. The van der Waals surface area contributed by atoms with Crippen molar-refractivity contribution < 1.29 is 4.42 Å². The van der Waals surface area contributed by atoms with Crippen LogP contribution in [0.4, 0.5) is 0 Å². The zero-order valence-corrected chi connectivity index (χ0v) is 9.76. The lowest BCUT2D eigenvalue weighted by Crippen LogP contribution is -2.28. The van der Waals surface area contributed by atoms with Crippen molar-refractivity contribution in [1.82, 2.24) is 5.32 Å². The second-order valence-electron chi connectivity index (χ2n) is 4.34. The van der Waals surface area contributed by atoms with Gasteiger partial charge in [-0.1, -0.05) is 11.6 Å². The van der Waals surface area contributed by atoms with Gasteiger partial charge in [0.25, 0.3) is 0 Å². The van der Waals surface area contributed by atoms with Crippen LogP contribution < -0.4 is 5.32 Å². The zero-order chi connectivity index (χ0) is 11.0. The number of hydrogen-bond acceptors (Lipinski definition) is 2. The first-order valence-electron chi connectivity index (χ1n) is 5.72. The van der Waals surface area contributed by atoms with E-state index in [2.05, 4.69) is 5.32 Å². The molecule has 0 aliphatic carbocycles. The van der Waals surface area contributed by atoms with Gasteiger partial charge in [-0.3, -0.25) is 0 Å². The largest absolute Gasteiger partial charge is 0.464 e. The van der Waals surface area contributed by atoms with Gasteiger partial charge in [0.15, 0.2) is 0 Å². The summed E-state index contributed by atoms with van der Waals surface area (Å²) in [7, 11) is 0. The normalized spacial score (nSPS) is 21.4. The van der Waals surface area contributed by atoms with E-state index >= 15 is 0 Å². The van der Waals surface area contributed by atoms with Gasteiger partial charge in [0.2, 0.25) is 0 Å². The maximum Gasteiger partial charge on any atom is 0.134 e. The van der Waals surface area contributed by atoms with E-state index in [1.807, 2.05) is 18.2 Å². The Kier molecular flexibility index (Phi) is 2.62. The van der Waals surface area contributed by atoms with Gasteiger partial charge < -0.3 is 9.73 Å². The molecule has 1 N–H and O–H groups in total. The summed E-state index contributed by atoms with van der Waals surface area (Å²) in [5, 5.41) is 5.46. The summed E-state index contributed by atoms with van der Waals surface area (Å²) in [5.74, 6) is 0.516. The minimum atomic E-state index is 0.516. The average molecular weight is 236 g/mol. The quantitative estimate of drug-likeness (QED) is 0.818. The van der Waals surface area contributed by atoms with Crippen molar-refractivity contribution in [3.8, 4) is 0 Å². The number of fused-ring (bicyclic) bond motifs is 1. The number of piperidine rings is 1. The number of nitrogens with one attached hydrogen (secondary N) is 1. The summed E-state index contributed by atoms with van der Waals surface area (Å²) in [4.78, 5) is 0. The number of hydrogen-bond donors (Lipinski definition) is 1. The van der Waals surface area contributed by atoms with Crippen LogP contribution >= 0.6 is 11.6 Å². The molecule has 0 amide bonds. The van der Waals surface area contributed by atoms with Crippen LogP contribution in [0.25, 0.3) is 11.0 Å². The summed E-state index contributed by atoms with van der Waals surface area (Å²) in [5.41, 5.74) is 2.19. The van der Waals surface area contributed by atoms with Crippen molar-refractivity contribution in [2.75, 3.05) is 13.1 Å². The Bertz CT molecular complexity index is 500. The lowest BCUT2D eigenvalue weighted by Gasteiger charge is -2.24. The molecule has 16 heavy (non-hydrogen) atoms. The first-order valence-corrected chi connectivity index (χ1v) is 6.10. The highest BCUT2D eigenvalue weighted by Gasteiger charge is 2.20. The van der Waals surface area contributed by atoms with E-state index in [4.69, 9.17) is 16.0 Å². The third-order valence-corrected chi connectivity index (χ3v) is 3.66. The van der Waals surface area contributed by atoms with Crippen molar-refractivity contribution >= 4 is 22.6 Å². The number of furan rings is 1. The molecule has 0 bridgehead atoms. The lowest BCUT2D eigenvalue weighted by molar-refractivity contribution is 0.463. The fourth-order valence-electron chi connectivity index (χ4n) is 2.55. The predicted molar refractivity (Wildman–Crippen MR) is 66.1 cm³/mol. The highest BCUT2D eigenvalue weighted by Crippen LogP contribution is 2.35. The van der Waals surface area contributed by atoms with Crippen molar-refractivity contribution in [3.63, 3.8) is 0 Å². The molecule has 1 aromatic heterocycles. The average Bonchev–Trinajstić information content (AvgIpc) is 2.78. The third-order valence-electron chi connectivity index (χ3n) is 3.33. The van der Waals surface area contributed by atoms with E-state index in [1.165, 1.54) is 23.8 Å². The van der Waals surface area contributed by atoms with E-state index in [9.17, 15) is 0 Å². The molecule has 84 valence electrons. The van der Waals surface area contributed by atoms with Crippen LogP contribution in [0.3, 0.4) is 0 Å². The smallest absolute Gasteiger partial charge is 0.134 e. The Labute approximate surface area is 99.6 Å². The number of benzene rings is 1. The summed E-state index contributed by atoms with van der Waals surface area (Å²) in [6, 6.07) is 5.90. The summed E-state index contributed by atoms with van der Waals surface area (Å²) in [6.45, 7) is 2.14. The molecule has 0 radical (unpaired) electrons. The van der Waals surface area contributed by atoms with Crippen molar-refractivity contribution in [1.29, 1.82) is 0 Å². The van der Waals surface area contributed by atoms with Gasteiger partial charge in [-0.25, -0.2) is 0 Å². The van der Waals surface area contributed by atoms with Gasteiger partial charge in [-0.2, -0.15) is 0 Å². The zero-order valence-electron chi connectivity index (χ0n) is 9.00. The van der Waals surface area contributed by atoms with Gasteiger partial charge >= 0.3 is 0 Å². The lowest BCUT2D eigenvalue weighted by atomic mass is 9.89. The molecule has 1 saturated heterocycles. The molecule has 3 heteroatoms. The van der Waals surface area contributed by atoms with Gasteiger partial charge in [-0.15, -0.1) is 0 Å². The molecule has 2 heterocycles. The topological polar surface area (TPSA) is 25.2 Å². The second-order valence-corrected chi connectivity index (χ2v) is 4.74. The van der Waals surface area contributed by atoms with Gasteiger partial charge in [0.05, 0.1) is 6.26 Å². The Morgan fingerprint density at radius 3 is 3.06 bits per heavy atom. The van der Waals surface area contributed by atoms with E-state index in [-0.39, 0.29) is 0 Å². The molecule has 1 aromatic carbocycles. The molecule has 1 fully saturated rings. The molecule has 2 nitrogen and oxygen atoms in total. The Morgan fingerprint density at radius 2 is 2.25 bits per heavy atom. The highest BCUT2D eigenvalue weighted by atomic mass is 35.5. The molecule has 1 atom stereocenters. The third kappa shape index (κ3) is 1.62. The summed E-state index contributed by atoms with van der Waals surface area (Å²) < 4.78 is 5.43. The Balaban J connectivity index is 2.12. The highest BCUT2D eigenvalue weighted by molar-refractivity contribution is 6.32. The molecular formula is C13H14ClNO. The summed E-state index contributed by atoms with van der Waals surface area (Å²) in [6.07, 6.45) is 4.16. The van der Waals surface area contributed by atoms with Crippen LogP contribution in [0.2, 0.25) is 5.02 Å². The molecular weight excluding hydrogens is 222 g/mol. The SMILES string of the molecule is Clc1ccc2occc2c1C1CCCNC1. The van der Waals surface area contributed by atoms with Gasteiger partial charge in [-0.05, 0) is 49.1 Å². The summed E-state index contributed by atoms with van der Waals surface area (Å²) >= 11 is 6.32. The van der Waals surface area contributed by atoms with E-state index in [1.54, 1.807) is 6.26 Å². The Morgan fingerprint density at radius 1 is 1.31 bits per heavy atom. The minimum Gasteiger partial charge on any atom is -0.464 e. The van der Waals surface area contributed by atoms with Gasteiger partial charge in [0.1, 0.15) is 5.58 Å². The first kappa shape index (κ1) is 10.2. The maximum absolute atomic E-state index is 6.32. The van der Waals surface area contributed by atoms with Crippen LogP contribution in [0.5, 0.6) is 0 Å². The molecule has 3 rings (SSSR count). The van der Waals surface area contributed by atoms with Crippen molar-refractivity contribution in [2.45, 2.75) is 18.8 Å². The van der Waals surface area contributed by atoms with Crippen LogP contribution in [0, 0.1) is 0 Å². The molecule has 1 aliphatic rings. The fourth-order valence-corrected chi connectivity index (χ4v) is 2.87. The Hall–Kier alpha value is -0.990. The van der Waals surface area contributed by atoms with Crippen LogP contribution in [-0.4, -0.2) is 13.1 Å². The molecule has 0 spiro atoms. The minimum absolute atomic E-state index is 0.516. The van der Waals surface area contributed by atoms with Crippen molar-refractivity contribution in [3.05, 3.63) is 35.0 Å². The molecule has 1 aliphatic heterocycles. The van der Waals surface area contributed by atoms with Crippen LogP contribution in [0.15, 0.2) is 28.9 Å². The monoisotopic (exact) mass is 235 g/mol. The molecule has 0 saturated carbocycles. The second kappa shape index (κ2) is 4.11. The number of halogens is 1. The molecule has 1 unspecified atom stereocenters.